The molecule has 0 radical (unpaired) electrons. The number of rotatable bonds is 9. The molecule has 0 aromatic heterocycles. The third-order valence-electron chi connectivity index (χ3n) is 4.17. The number of benzene rings is 2. The second-order valence-electron chi connectivity index (χ2n) is 6.96. The summed E-state index contributed by atoms with van der Waals surface area (Å²) < 4.78 is 34.1. The van der Waals surface area contributed by atoms with Crippen molar-refractivity contribution in [3.05, 3.63) is 36.4 Å². The van der Waals surface area contributed by atoms with Crippen molar-refractivity contribution in [1.82, 2.24) is 4.72 Å². The van der Waals surface area contributed by atoms with Gasteiger partial charge in [0.25, 0.3) is 0 Å². The Morgan fingerprint density at radius 2 is 1.79 bits per heavy atom. The lowest BCUT2D eigenvalue weighted by molar-refractivity contribution is -0.149. The number of thioether (sulfide) groups is 1. The third kappa shape index (κ3) is 5.40. The van der Waals surface area contributed by atoms with Crippen LogP contribution in [0.5, 0.6) is 0 Å². The molecule has 1 atom stereocenters. The lowest BCUT2D eigenvalue weighted by Gasteiger charge is -2.20. The molecule has 0 bridgehead atoms. The van der Waals surface area contributed by atoms with Gasteiger partial charge in [0.2, 0.25) is 10.0 Å². The van der Waals surface area contributed by atoms with Crippen LogP contribution in [0.4, 0.5) is 5.69 Å². The van der Waals surface area contributed by atoms with E-state index in [2.05, 4.69) is 4.72 Å². The van der Waals surface area contributed by atoms with Crippen molar-refractivity contribution in [1.29, 1.82) is 0 Å². The second-order valence-corrected chi connectivity index (χ2v) is 9.63. The van der Waals surface area contributed by atoms with Crippen molar-refractivity contribution in [3.63, 3.8) is 0 Å². The number of anilines is 1. The lowest BCUT2D eigenvalue weighted by atomic mass is 10.1. The Bertz CT molecular complexity index is 927. The first-order chi connectivity index (χ1) is 13.2. The first-order valence-electron chi connectivity index (χ1n) is 9.08. The highest BCUT2D eigenvalue weighted by Gasteiger charge is 2.28. The third-order valence-corrected chi connectivity index (χ3v) is 6.35. The molecular weight excluding hydrogens is 396 g/mol. The van der Waals surface area contributed by atoms with Gasteiger partial charge in [0.15, 0.2) is 0 Å². The molecule has 0 aliphatic heterocycles. The van der Waals surface area contributed by atoms with Gasteiger partial charge >= 0.3 is 5.97 Å². The number of sulfonamides is 1. The Morgan fingerprint density at radius 1 is 1.14 bits per heavy atom. The number of carbonyl (C=O) groups is 1. The molecular formula is C20H28N2O4S2. The number of fused-ring (bicyclic) bond motifs is 1. The van der Waals surface area contributed by atoms with Crippen molar-refractivity contribution in [2.75, 3.05) is 31.0 Å². The smallest absolute Gasteiger partial charge is 0.324 e. The molecule has 6 nitrogen and oxygen atoms in total. The summed E-state index contributed by atoms with van der Waals surface area (Å²) in [6.45, 7) is 3.48. The van der Waals surface area contributed by atoms with Gasteiger partial charge in [-0.1, -0.05) is 24.3 Å². The predicted octanol–water partition coefficient (Wildman–Crippen LogP) is 3.26. The van der Waals surface area contributed by atoms with Crippen molar-refractivity contribution in [2.45, 2.75) is 37.3 Å². The van der Waals surface area contributed by atoms with Crippen LogP contribution >= 0.6 is 11.8 Å². The van der Waals surface area contributed by atoms with E-state index in [4.69, 9.17) is 4.74 Å². The molecule has 0 unspecified atom stereocenters. The van der Waals surface area contributed by atoms with E-state index in [9.17, 15) is 13.2 Å². The molecule has 0 spiro atoms. The minimum atomic E-state index is -3.92. The number of ether oxygens (including phenoxy) is 1. The summed E-state index contributed by atoms with van der Waals surface area (Å²) in [4.78, 5) is 14.5. The zero-order valence-corrected chi connectivity index (χ0v) is 18.6. The fraction of sp³-hybridized carbons (Fsp3) is 0.450. The zero-order chi connectivity index (χ0) is 20.9. The number of hydrogen-bond donors (Lipinski definition) is 1. The van der Waals surface area contributed by atoms with Gasteiger partial charge in [-0.2, -0.15) is 16.5 Å². The fourth-order valence-corrected chi connectivity index (χ4v) is 4.83. The Kier molecular flexibility index (Phi) is 7.74. The van der Waals surface area contributed by atoms with Crippen molar-refractivity contribution in [3.8, 4) is 0 Å². The highest BCUT2D eigenvalue weighted by molar-refractivity contribution is 7.98. The standard InChI is InChI=1S/C20H28N2O4S2/c1-14(2)26-20(23)17(12-13-27-5)21-28(24,25)19-11-7-8-15-16(19)9-6-10-18(15)22(3)4/h6-11,14,17,21H,12-13H2,1-5H3/t17-/m0/s1. The summed E-state index contributed by atoms with van der Waals surface area (Å²) in [6, 6.07) is 9.79. The number of nitrogens with zero attached hydrogens (tertiary/aromatic N) is 1. The maximum Gasteiger partial charge on any atom is 0.324 e. The van der Waals surface area contributed by atoms with Gasteiger partial charge in [0, 0.05) is 30.6 Å². The number of hydrogen-bond acceptors (Lipinski definition) is 6. The van der Waals surface area contributed by atoms with E-state index in [-0.39, 0.29) is 11.0 Å². The van der Waals surface area contributed by atoms with Crippen LogP contribution < -0.4 is 9.62 Å². The van der Waals surface area contributed by atoms with Crippen LogP contribution in [0.1, 0.15) is 20.3 Å². The summed E-state index contributed by atoms with van der Waals surface area (Å²) in [5.74, 6) is 0.0857. The molecule has 28 heavy (non-hydrogen) atoms. The second kappa shape index (κ2) is 9.62. The molecule has 0 saturated carbocycles. The minimum absolute atomic E-state index is 0.153. The number of nitrogens with one attached hydrogen (secondary N) is 1. The average Bonchev–Trinajstić information content (AvgIpc) is 2.63. The zero-order valence-electron chi connectivity index (χ0n) is 16.9. The van der Waals surface area contributed by atoms with Crippen LogP contribution in [-0.4, -0.2) is 52.6 Å². The molecule has 0 aliphatic rings. The van der Waals surface area contributed by atoms with E-state index >= 15 is 0 Å². The van der Waals surface area contributed by atoms with Crippen LogP contribution in [0.3, 0.4) is 0 Å². The Labute approximate surface area is 171 Å². The van der Waals surface area contributed by atoms with Crippen LogP contribution in [-0.2, 0) is 19.6 Å². The topological polar surface area (TPSA) is 75.7 Å². The quantitative estimate of drug-likeness (QED) is 0.623. The molecule has 0 amide bonds. The minimum Gasteiger partial charge on any atom is -0.462 e. The highest BCUT2D eigenvalue weighted by Crippen LogP contribution is 2.30. The molecule has 0 saturated heterocycles. The van der Waals surface area contributed by atoms with Crippen molar-refractivity contribution in [2.24, 2.45) is 0 Å². The van der Waals surface area contributed by atoms with E-state index in [0.717, 1.165) is 11.1 Å². The van der Waals surface area contributed by atoms with Crippen molar-refractivity contribution < 1.29 is 17.9 Å². The normalized spacial score (nSPS) is 12.9. The van der Waals surface area contributed by atoms with E-state index in [1.54, 1.807) is 43.8 Å². The van der Waals surface area contributed by atoms with Crippen LogP contribution in [0, 0.1) is 0 Å². The van der Waals surface area contributed by atoms with Gasteiger partial charge in [-0.15, -0.1) is 0 Å². The van der Waals surface area contributed by atoms with Crippen LogP contribution in [0.15, 0.2) is 41.3 Å². The largest absolute Gasteiger partial charge is 0.462 e. The fourth-order valence-electron chi connectivity index (χ4n) is 2.91. The molecule has 8 heteroatoms. The summed E-state index contributed by atoms with van der Waals surface area (Å²) in [5, 5.41) is 1.45. The SMILES string of the molecule is CSCC[C@H](NS(=O)(=O)c1cccc2c(N(C)C)cccc12)C(=O)OC(C)C. The Hall–Kier alpha value is -1.77. The molecule has 2 aromatic carbocycles. The summed E-state index contributed by atoms with van der Waals surface area (Å²) in [6.07, 6.45) is 1.96. The maximum atomic E-state index is 13.2. The average molecular weight is 425 g/mol. The van der Waals surface area contributed by atoms with Gasteiger partial charge in [-0.3, -0.25) is 4.79 Å². The van der Waals surface area contributed by atoms with Crippen molar-refractivity contribution >= 4 is 44.2 Å². The first kappa shape index (κ1) is 22.5. The Morgan fingerprint density at radius 3 is 2.39 bits per heavy atom. The van der Waals surface area contributed by atoms with Gasteiger partial charge in [0.05, 0.1) is 11.0 Å². The van der Waals surface area contributed by atoms with E-state index in [1.807, 2.05) is 43.5 Å². The highest BCUT2D eigenvalue weighted by atomic mass is 32.2. The van der Waals surface area contributed by atoms with E-state index < -0.39 is 22.0 Å². The number of esters is 1. The summed E-state index contributed by atoms with van der Waals surface area (Å²) in [5.41, 5.74) is 0.924. The van der Waals surface area contributed by atoms with Crippen LogP contribution in [0.25, 0.3) is 10.8 Å². The van der Waals surface area contributed by atoms with Crippen LogP contribution in [0.2, 0.25) is 0 Å². The summed E-state index contributed by atoms with van der Waals surface area (Å²) in [7, 11) is -0.0958. The molecule has 0 heterocycles. The maximum absolute atomic E-state index is 13.2. The Balaban J connectivity index is 2.44. The summed E-state index contributed by atoms with van der Waals surface area (Å²) >= 11 is 1.55. The molecule has 154 valence electrons. The van der Waals surface area contributed by atoms with Gasteiger partial charge in [0.1, 0.15) is 6.04 Å². The molecule has 1 N–H and O–H groups in total. The van der Waals surface area contributed by atoms with Gasteiger partial charge < -0.3 is 9.64 Å². The molecule has 2 aromatic rings. The molecule has 0 aliphatic carbocycles. The lowest BCUT2D eigenvalue weighted by Crippen LogP contribution is -2.43. The monoisotopic (exact) mass is 424 g/mol. The predicted molar refractivity (Wildman–Crippen MR) is 117 cm³/mol. The van der Waals surface area contributed by atoms with E-state index in [0.29, 0.717) is 17.6 Å². The first-order valence-corrected chi connectivity index (χ1v) is 12.0. The van der Waals surface area contributed by atoms with Gasteiger partial charge in [-0.05, 0) is 44.4 Å². The van der Waals surface area contributed by atoms with Gasteiger partial charge in [-0.25, -0.2) is 8.42 Å². The molecule has 0 fully saturated rings. The number of carbonyl (C=O) groups excluding carboxylic acids is 1. The molecule has 2 rings (SSSR count). The van der Waals surface area contributed by atoms with E-state index in [1.165, 1.54) is 0 Å².